The molecule has 0 radical (unpaired) electrons. The standard InChI is InChI=1S/C10H14N2O.C2H3F3/c1-12-9(10(11)13)7-8-5-3-2-4-6-8;1-2(3,4)5/h2-6,9,12H,7H2,1H3,(H2,11,13);1H3/t9-;/m1./s1. The van der Waals surface area contributed by atoms with E-state index in [-0.39, 0.29) is 18.9 Å². The molecule has 1 aromatic carbocycles. The van der Waals surface area contributed by atoms with Crippen LogP contribution in [-0.4, -0.2) is 25.2 Å². The molecule has 1 amide bonds. The van der Waals surface area contributed by atoms with E-state index in [9.17, 15) is 18.0 Å². The molecule has 3 N–H and O–H groups in total. The number of carbonyl (C=O) groups excluding carboxylic acids is 1. The summed E-state index contributed by atoms with van der Waals surface area (Å²) in [6.07, 6.45) is -3.35. The molecule has 0 saturated heterocycles. The largest absolute Gasteiger partial charge is 0.386 e. The Kier molecular flexibility index (Phi) is 7.04. The van der Waals surface area contributed by atoms with Gasteiger partial charge in [-0.05, 0) is 19.0 Å². The highest BCUT2D eigenvalue weighted by atomic mass is 19.4. The van der Waals surface area contributed by atoms with E-state index in [1.165, 1.54) is 0 Å². The van der Waals surface area contributed by atoms with Crippen LogP contribution in [0.1, 0.15) is 12.5 Å². The fraction of sp³-hybridized carbons (Fsp3) is 0.417. The number of nitrogens with two attached hydrogens (primary N) is 1. The van der Waals surface area contributed by atoms with Crippen molar-refractivity contribution < 1.29 is 18.0 Å². The van der Waals surface area contributed by atoms with E-state index >= 15 is 0 Å². The molecule has 0 spiro atoms. The van der Waals surface area contributed by atoms with Crippen molar-refractivity contribution in [1.82, 2.24) is 5.32 Å². The molecule has 102 valence electrons. The minimum Gasteiger partial charge on any atom is -0.368 e. The van der Waals surface area contributed by atoms with Gasteiger partial charge in [-0.25, -0.2) is 0 Å². The van der Waals surface area contributed by atoms with Gasteiger partial charge < -0.3 is 11.1 Å². The number of alkyl halides is 3. The smallest absolute Gasteiger partial charge is 0.368 e. The van der Waals surface area contributed by atoms with Crippen LogP contribution in [0.4, 0.5) is 13.2 Å². The lowest BCUT2D eigenvalue weighted by molar-refractivity contribution is -0.119. The van der Waals surface area contributed by atoms with Crippen molar-refractivity contribution in [1.29, 1.82) is 0 Å². The lowest BCUT2D eigenvalue weighted by Crippen LogP contribution is -2.40. The Morgan fingerprint density at radius 1 is 1.33 bits per heavy atom. The molecule has 18 heavy (non-hydrogen) atoms. The Balaban J connectivity index is 0.000000494. The van der Waals surface area contributed by atoms with Crippen molar-refractivity contribution in [3.63, 3.8) is 0 Å². The van der Waals surface area contributed by atoms with Crippen LogP contribution in [0.5, 0.6) is 0 Å². The zero-order valence-corrected chi connectivity index (χ0v) is 10.3. The van der Waals surface area contributed by atoms with Crippen molar-refractivity contribution in [2.45, 2.75) is 25.6 Å². The number of rotatable bonds is 4. The molecule has 0 bridgehead atoms. The van der Waals surface area contributed by atoms with Gasteiger partial charge in [0.2, 0.25) is 5.91 Å². The Hall–Kier alpha value is -1.56. The molecule has 1 aromatic rings. The first-order chi connectivity index (χ1) is 8.24. The van der Waals surface area contributed by atoms with Crippen molar-refractivity contribution in [3.8, 4) is 0 Å². The van der Waals surface area contributed by atoms with Crippen molar-refractivity contribution in [2.24, 2.45) is 5.73 Å². The summed E-state index contributed by atoms with van der Waals surface area (Å²) in [5.74, 6) is -0.314. The number of likely N-dealkylation sites (N-methyl/N-ethyl adjacent to an activating group) is 1. The predicted molar refractivity (Wildman–Crippen MR) is 63.9 cm³/mol. The second kappa shape index (κ2) is 7.71. The van der Waals surface area contributed by atoms with E-state index in [4.69, 9.17) is 5.73 Å². The summed E-state index contributed by atoms with van der Waals surface area (Å²) in [5.41, 5.74) is 6.31. The lowest BCUT2D eigenvalue weighted by atomic mass is 10.1. The highest BCUT2D eigenvalue weighted by Gasteiger charge is 2.15. The van der Waals surface area contributed by atoms with E-state index in [2.05, 4.69) is 5.32 Å². The topological polar surface area (TPSA) is 55.1 Å². The SMILES string of the molecule is CC(F)(F)F.CN[C@H](Cc1ccccc1)C(N)=O. The number of halogens is 3. The average molecular weight is 262 g/mol. The van der Waals surface area contributed by atoms with E-state index in [0.717, 1.165) is 5.56 Å². The van der Waals surface area contributed by atoms with Gasteiger partial charge in [0.15, 0.2) is 0 Å². The fourth-order valence-corrected chi connectivity index (χ4v) is 1.19. The molecule has 0 fully saturated rings. The van der Waals surface area contributed by atoms with Crippen molar-refractivity contribution in [3.05, 3.63) is 35.9 Å². The highest BCUT2D eigenvalue weighted by Crippen LogP contribution is 2.10. The van der Waals surface area contributed by atoms with E-state index in [1.807, 2.05) is 30.3 Å². The van der Waals surface area contributed by atoms with Gasteiger partial charge in [-0.15, -0.1) is 0 Å². The third-order valence-electron chi connectivity index (χ3n) is 1.97. The highest BCUT2D eigenvalue weighted by molar-refractivity contribution is 5.80. The number of amides is 1. The maximum atomic E-state index is 10.9. The first-order valence-electron chi connectivity index (χ1n) is 5.31. The number of carbonyl (C=O) groups is 1. The van der Waals surface area contributed by atoms with Crippen LogP contribution >= 0.6 is 0 Å². The quantitative estimate of drug-likeness (QED) is 0.870. The Morgan fingerprint density at radius 3 is 2.11 bits per heavy atom. The van der Waals surface area contributed by atoms with E-state index in [0.29, 0.717) is 6.42 Å². The molecular weight excluding hydrogens is 245 g/mol. The number of hydrogen-bond donors (Lipinski definition) is 2. The third kappa shape index (κ3) is 9.65. The minimum absolute atomic E-state index is 0.188. The van der Waals surface area contributed by atoms with Gasteiger partial charge in [0, 0.05) is 6.92 Å². The number of benzene rings is 1. The van der Waals surface area contributed by atoms with Crippen LogP contribution in [0, 0.1) is 0 Å². The van der Waals surface area contributed by atoms with Gasteiger partial charge in [0.25, 0.3) is 0 Å². The Labute approximate surface area is 104 Å². The molecular formula is C12H17F3N2O. The van der Waals surface area contributed by atoms with Gasteiger partial charge in [0.05, 0.1) is 6.04 Å². The van der Waals surface area contributed by atoms with Crippen LogP contribution in [0.2, 0.25) is 0 Å². The summed E-state index contributed by atoms with van der Waals surface area (Å²) in [6, 6.07) is 9.52. The molecule has 6 heteroatoms. The molecule has 1 rings (SSSR count). The molecule has 0 unspecified atom stereocenters. The zero-order chi connectivity index (χ0) is 14.2. The molecule has 1 atom stereocenters. The minimum atomic E-state index is -4.00. The van der Waals surface area contributed by atoms with Gasteiger partial charge >= 0.3 is 6.18 Å². The van der Waals surface area contributed by atoms with Gasteiger partial charge in [-0.1, -0.05) is 30.3 Å². The lowest BCUT2D eigenvalue weighted by Gasteiger charge is -2.11. The summed E-state index contributed by atoms with van der Waals surface area (Å²) >= 11 is 0. The summed E-state index contributed by atoms with van der Waals surface area (Å²) in [7, 11) is 1.73. The van der Waals surface area contributed by atoms with Crippen LogP contribution in [0.15, 0.2) is 30.3 Å². The van der Waals surface area contributed by atoms with Crippen LogP contribution < -0.4 is 11.1 Å². The second-order valence-electron chi connectivity index (χ2n) is 3.71. The number of hydrogen-bond acceptors (Lipinski definition) is 2. The molecule has 0 saturated carbocycles. The molecule has 3 nitrogen and oxygen atoms in total. The Morgan fingerprint density at radius 2 is 1.78 bits per heavy atom. The molecule has 0 heterocycles. The summed E-state index contributed by atoms with van der Waals surface area (Å²) in [4.78, 5) is 10.9. The second-order valence-corrected chi connectivity index (χ2v) is 3.71. The van der Waals surface area contributed by atoms with Crippen LogP contribution in [-0.2, 0) is 11.2 Å². The van der Waals surface area contributed by atoms with E-state index in [1.54, 1.807) is 7.05 Å². The van der Waals surface area contributed by atoms with E-state index < -0.39 is 6.18 Å². The summed E-state index contributed by atoms with van der Waals surface area (Å²) in [6.45, 7) is 0.188. The normalized spacial score (nSPS) is 12.3. The third-order valence-corrected chi connectivity index (χ3v) is 1.97. The fourth-order valence-electron chi connectivity index (χ4n) is 1.19. The maximum Gasteiger partial charge on any atom is 0.386 e. The van der Waals surface area contributed by atoms with Crippen molar-refractivity contribution >= 4 is 5.91 Å². The van der Waals surface area contributed by atoms with Gasteiger partial charge in [-0.3, -0.25) is 4.79 Å². The summed E-state index contributed by atoms with van der Waals surface area (Å²) in [5, 5.41) is 2.88. The molecule has 0 aliphatic carbocycles. The zero-order valence-electron chi connectivity index (χ0n) is 10.3. The molecule has 0 aliphatic heterocycles. The number of nitrogens with one attached hydrogen (secondary N) is 1. The molecule has 0 aliphatic rings. The van der Waals surface area contributed by atoms with Crippen LogP contribution in [0.3, 0.4) is 0 Å². The average Bonchev–Trinajstić information content (AvgIpc) is 2.24. The number of primary amides is 1. The predicted octanol–water partition coefficient (Wildman–Crippen LogP) is 1.87. The Bertz CT molecular complexity index is 346. The maximum absolute atomic E-state index is 10.9. The van der Waals surface area contributed by atoms with Crippen LogP contribution in [0.25, 0.3) is 0 Å². The summed E-state index contributed by atoms with van der Waals surface area (Å²) < 4.78 is 31.1. The first kappa shape index (κ1) is 16.4. The first-order valence-corrected chi connectivity index (χ1v) is 5.31. The molecule has 0 aromatic heterocycles. The van der Waals surface area contributed by atoms with Crippen molar-refractivity contribution in [2.75, 3.05) is 7.05 Å². The van der Waals surface area contributed by atoms with Gasteiger partial charge in [0.1, 0.15) is 0 Å². The monoisotopic (exact) mass is 262 g/mol. The van der Waals surface area contributed by atoms with Gasteiger partial charge in [-0.2, -0.15) is 13.2 Å².